The van der Waals surface area contributed by atoms with Crippen LogP contribution in [0.4, 0.5) is 16.4 Å². The summed E-state index contributed by atoms with van der Waals surface area (Å²) in [6.07, 6.45) is 1.45. The number of benzene rings is 3. The van der Waals surface area contributed by atoms with Gasteiger partial charge in [0.25, 0.3) is 11.5 Å². The number of thiophene rings is 1. The van der Waals surface area contributed by atoms with E-state index in [0.717, 1.165) is 31.2 Å². The van der Waals surface area contributed by atoms with Gasteiger partial charge in [-0.1, -0.05) is 42.5 Å². The average Bonchev–Trinajstić information content (AvgIpc) is 3.38. The second-order valence-electron chi connectivity index (χ2n) is 9.17. The van der Waals surface area contributed by atoms with Gasteiger partial charge in [-0.05, 0) is 42.5 Å². The first-order chi connectivity index (χ1) is 19.1. The van der Waals surface area contributed by atoms with Gasteiger partial charge in [-0.25, -0.2) is 4.98 Å². The number of hydrogen-bond donors (Lipinski definition) is 1. The maximum Gasteiger partial charge on any atom is 0.275 e. The van der Waals surface area contributed by atoms with Crippen LogP contribution in [0.25, 0.3) is 15.9 Å². The zero-order chi connectivity index (χ0) is 26.8. The summed E-state index contributed by atoms with van der Waals surface area (Å²) in [7, 11) is 0. The number of amides is 1. The first kappa shape index (κ1) is 24.4. The van der Waals surface area contributed by atoms with Crippen molar-refractivity contribution >= 4 is 43.8 Å². The molecule has 39 heavy (non-hydrogen) atoms. The van der Waals surface area contributed by atoms with Crippen molar-refractivity contribution in [2.24, 2.45) is 0 Å². The zero-order valence-corrected chi connectivity index (χ0v) is 21.8. The molecule has 192 valence electrons. The topological polar surface area (TPSA) is 94.3 Å². The van der Waals surface area contributed by atoms with Gasteiger partial charge in [0, 0.05) is 43.1 Å². The fourth-order valence-electron chi connectivity index (χ4n) is 4.80. The lowest BCUT2D eigenvalue weighted by Gasteiger charge is -2.36. The lowest BCUT2D eigenvalue weighted by Crippen LogP contribution is -2.46. The summed E-state index contributed by atoms with van der Waals surface area (Å²) in [6.45, 7) is 3.13. The summed E-state index contributed by atoms with van der Waals surface area (Å²) >= 11 is 1.32. The van der Waals surface area contributed by atoms with Crippen LogP contribution in [0.2, 0.25) is 0 Å². The predicted molar refractivity (Wildman–Crippen MR) is 155 cm³/mol. The molecule has 0 radical (unpaired) electrons. The van der Waals surface area contributed by atoms with Crippen molar-refractivity contribution in [3.63, 3.8) is 0 Å². The highest BCUT2D eigenvalue weighted by Crippen LogP contribution is 2.36. The van der Waals surface area contributed by atoms with Crippen LogP contribution in [-0.4, -0.2) is 41.6 Å². The average molecular weight is 533 g/mol. The number of nitriles is 1. The molecule has 5 aromatic rings. The molecule has 1 N–H and O–H groups in total. The molecule has 0 aliphatic carbocycles. The number of nitrogens with zero attached hydrogens (tertiary/aromatic N) is 5. The molecular formula is C30H24N6O2S. The highest BCUT2D eigenvalue weighted by Gasteiger charge is 2.25. The maximum atomic E-state index is 13.6. The van der Waals surface area contributed by atoms with E-state index in [4.69, 9.17) is 0 Å². The molecule has 0 unspecified atom stereocenters. The predicted octanol–water partition coefficient (Wildman–Crippen LogP) is 4.90. The third-order valence-electron chi connectivity index (χ3n) is 6.80. The SMILES string of the molecule is N#Cc1c(N2CCN(c3ccccc3)CC2)sc2c(=O)n(-c3cccc(NC(=O)c4ccccc4)c3)cnc12. The number of para-hydroxylation sites is 1. The van der Waals surface area contributed by atoms with Gasteiger partial charge in [0.05, 0.1) is 5.69 Å². The van der Waals surface area contributed by atoms with E-state index in [9.17, 15) is 14.9 Å². The van der Waals surface area contributed by atoms with Crippen molar-refractivity contribution in [3.8, 4) is 11.8 Å². The lowest BCUT2D eigenvalue weighted by molar-refractivity contribution is 0.102. The number of anilines is 3. The number of nitrogens with one attached hydrogen (secondary N) is 1. The summed E-state index contributed by atoms with van der Waals surface area (Å²) in [5.74, 6) is -0.234. The number of fused-ring (bicyclic) bond motifs is 1. The summed E-state index contributed by atoms with van der Waals surface area (Å²) in [5.41, 5.74) is 3.49. The highest BCUT2D eigenvalue weighted by atomic mass is 32.1. The van der Waals surface area contributed by atoms with E-state index in [2.05, 4.69) is 38.3 Å². The molecule has 1 aliphatic heterocycles. The largest absolute Gasteiger partial charge is 0.368 e. The number of carbonyl (C=O) groups excluding carboxylic acids is 1. The van der Waals surface area contributed by atoms with Crippen LogP contribution in [0.1, 0.15) is 15.9 Å². The van der Waals surface area contributed by atoms with Crippen molar-refractivity contribution < 1.29 is 4.79 Å². The molecule has 0 spiro atoms. The van der Waals surface area contributed by atoms with Gasteiger partial charge in [0.2, 0.25) is 0 Å². The van der Waals surface area contributed by atoms with Gasteiger partial charge >= 0.3 is 0 Å². The number of carbonyl (C=O) groups is 1. The van der Waals surface area contributed by atoms with Gasteiger partial charge in [-0.3, -0.25) is 14.2 Å². The van der Waals surface area contributed by atoms with Crippen molar-refractivity contribution in [2.75, 3.05) is 41.3 Å². The first-order valence-electron chi connectivity index (χ1n) is 12.6. The van der Waals surface area contributed by atoms with Gasteiger partial charge in [-0.2, -0.15) is 5.26 Å². The monoisotopic (exact) mass is 532 g/mol. The molecule has 8 nitrogen and oxygen atoms in total. The van der Waals surface area contributed by atoms with Crippen molar-refractivity contribution in [2.45, 2.75) is 0 Å². The quantitative estimate of drug-likeness (QED) is 0.346. The van der Waals surface area contributed by atoms with E-state index < -0.39 is 0 Å². The molecule has 0 atom stereocenters. The molecule has 0 saturated carbocycles. The lowest BCUT2D eigenvalue weighted by atomic mass is 10.2. The summed E-state index contributed by atoms with van der Waals surface area (Å²) in [4.78, 5) is 35.2. The van der Waals surface area contributed by atoms with Crippen LogP contribution in [0.3, 0.4) is 0 Å². The first-order valence-corrected chi connectivity index (χ1v) is 13.4. The Kier molecular flexibility index (Phi) is 6.53. The van der Waals surface area contributed by atoms with E-state index in [1.54, 1.807) is 48.5 Å². The van der Waals surface area contributed by atoms with Crippen LogP contribution in [0.5, 0.6) is 0 Å². The Morgan fingerprint density at radius 3 is 2.26 bits per heavy atom. The zero-order valence-electron chi connectivity index (χ0n) is 20.9. The fourth-order valence-corrected chi connectivity index (χ4v) is 5.98. The number of piperazine rings is 1. The second kappa shape index (κ2) is 10.4. The molecule has 6 rings (SSSR count). The van der Waals surface area contributed by atoms with E-state index in [1.807, 2.05) is 24.3 Å². The Labute approximate surface area is 229 Å². The van der Waals surface area contributed by atoms with Gasteiger partial charge in [-0.15, -0.1) is 11.3 Å². The highest BCUT2D eigenvalue weighted by molar-refractivity contribution is 7.23. The molecule has 0 bridgehead atoms. The van der Waals surface area contributed by atoms with Gasteiger partial charge < -0.3 is 15.1 Å². The molecule has 3 heterocycles. The summed E-state index contributed by atoms with van der Waals surface area (Å²) in [6, 6.07) is 28.6. The number of hydrogen-bond acceptors (Lipinski definition) is 7. The Bertz CT molecular complexity index is 1750. The second-order valence-corrected chi connectivity index (χ2v) is 10.2. The van der Waals surface area contributed by atoms with Crippen molar-refractivity contribution in [1.29, 1.82) is 5.26 Å². The third kappa shape index (κ3) is 4.74. The minimum Gasteiger partial charge on any atom is -0.368 e. The molecule has 1 amide bonds. The van der Waals surface area contributed by atoms with E-state index in [1.165, 1.54) is 27.9 Å². The van der Waals surface area contributed by atoms with Crippen LogP contribution in [0, 0.1) is 11.3 Å². The van der Waals surface area contributed by atoms with Crippen molar-refractivity contribution in [1.82, 2.24) is 9.55 Å². The molecule has 3 aromatic carbocycles. The molecule has 1 aliphatic rings. The van der Waals surface area contributed by atoms with Gasteiger partial charge in [0.15, 0.2) is 0 Å². The Hall–Kier alpha value is -4.94. The van der Waals surface area contributed by atoms with E-state index >= 15 is 0 Å². The molecule has 1 fully saturated rings. The Balaban J connectivity index is 1.28. The standard InChI is InChI=1S/C30H24N6O2S/c31-19-25-26-27(39-30(25)35-16-14-34(15-17-35)23-11-5-2-6-12-23)29(38)36(20-32-26)24-13-7-10-22(18-24)33-28(37)21-8-3-1-4-9-21/h1-13,18,20H,14-17H2,(H,33,37). The van der Waals surface area contributed by atoms with Crippen LogP contribution < -0.4 is 20.7 Å². The maximum absolute atomic E-state index is 13.6. The Morgan fingerprint density at radius 2 is 1.54 bits per heavy atom. The van der Waals surface area contributed by atoms with Gasteiger partial charge in [0.1, 0.15) is 33.2 Å². The number of rotatable bonds is 5. The van der Waals surface area contributed by atoms with Crippen LogP contribution in [-0.2, 0) is 0 Å². The number of aromatic nitrogens is 2. The normalized spacial score (nSPS) is 13.3. The van der Waals surface area contributed by atoms with Crippen LogP contribution >= 0.6 is 11.3 Å². The van der Waals surface area contributed by atoms with Crippen LogP contribution in [0.15, 0.2) is 96.1 Å². The minimum absolute atomic E-state index is 0.234. The van der Waals surface area contributed by atoms with Crippen molar-refractivity contribution in [3.05, 3.63) is 113 Å². The smallest absolute Gasteiger partial charge is 0.275 e. The molecule has 2 aromatic heterocycles. The molecule has 1 saturated heterocycles. The Morgan fingerprint density at radius 1 is 0.872 bits per heavy atom. The summed E-state index contributed by atoms with van der Waals surface area (Å²) < 4.78 is 1.89. The fraction of sp³-hybridized carbons (Fsp3) is 0.133. The van der Waals surface area contributed by atoms with E-state index in [0.29, 0.717) is 32.7 Å². The molecule has 9 heteroatoms. The van der Waals surface area contributed by atoms with E-state index in [-0.39, 0.29) is 11.5 Å². The summed E-state index contributed by atoms with van der Waals surface area (Å²) in [5, 5.41) is 13.7. The minimum atomic E-state index is -0.248. The third-order valence-corrected chi connectivity index (χ3v) is 8.03. The molecular weight excluding hydrogens is 508 g/mol.